The van der Waals surface area contributed by atoms with Crippen molar-refractivity contribution in [1.82, 2.24) is 14.7 Å². The molecular formula is C21H23ClN4O2S. The van der Waals surface area contributed by atoms with Crippen molar-refractivity contribution in [3.63, 3.8) is 0 Å². The van der Waals surface area contributed by atoms with Gasteiger partial charge in [-0.3, -0.25) is 0 Å². The van der Waals surface area contributed by atoms with Crippen LogP contribution in [-0.4, -0.2) is 31.5 Å². The van der Waals surface area contributed by atoms with E-state index in [0.717, 1.165) is 54.6 Å². The lowest BCUT2D eigenvalue weighted by molar-refractivity contribution is 0.579. The average molecular weight is 431 g/mol. The molecule has 1 fully saturated rings. The van der Waals surface area contributed by atoms with E-state index in [4.69, 9.17) is 11.6 Å². The molecule has 0 bridgehead atoms. The Morgan fingerprint density at radius 2 is 1.79 bits per heavy atom. The number of fused-ring (bicyclic) bond motifs is 1. The fourth-order valence-corrected chi connectivity index (χ4v) is 4.68. The summed E-state index contributed by atoms with van der Waals surface area (Å²) in [5.41, 5.74) is 1.85. The van der Waals surface area contributed by atoms with Gasteiger partial charge in [-0.15, -0.1) is 0 Å². The third-order valence-corrected chi connectivity index (χ3v) is 6.80. The predicted octanol–water partition coefficient (Wildman–Crippen LogP) is 3.92. The summed E-state index contributed by atoms with van der Waals surface area (Å²) in [7, 11) is -3.64. The molecule has 8 heteroatoms. The van der Waals surface area contributed by atoms with Gasteiger partial charge in [0.2, 0.25) is 10.0 Å². The standard InChI is InChI=1S/C21H23ClN4O2S/c1-2-15-5-8-17(9-6-15)29(27,28)23-14-20-24-19-10-7-16(22)13-18(19)21(25-20)26-11-3-4-12-26/h5-10,13,23H,2-4,11-12,14H2,1H3. The summed E-state index contributed by atoms with van der Waals surface area (Å²) < 4.78 is 27.9. The zero-order valence-electron chi connectivity index (χ0n) is 16.2. The Balaban J connectivity index is 1.62. The largest absolute Gasteiger partial charge is 0.356 e. The molecule has 2 heterocycles. The van der Waals surface area contributed by atoms with E-state index in [0.29, 0.717) is 10.8 Å². The SMILES string of the molecule is CCc1ccc(S(=O)(=O)NCc2nc(N3CCCC3)c3cc(Cl)ccc3n2)cc1. The van der Waals surface area contributed by atoms with Crippen molar-refractivity contribution in [2.45, 2.75) is 37.6 Å². The van der Waals surface area contributed by atoms with Crippen LogP contribution >= 0.6 is 11.6 Å². The van der Waals surface area contributed by atoms with Crippen LogP contribution in [0.5, 0.6) is 0 Å². The normalized spacial score (nSPS) is 14.6. The average Bonchev–Trinajstić information content (AvgIpc) is 3.26. The second-order valence-corrected chi connectivity index (χ2v) is 9.34. The number of rotatable bonds is 6. The zero-order chi connectivity index (χ0) is 20.4. The highest BCUT2D eigenvalue weighted by atomic mass is 35.5. The first kappa shape index (κ1) is 20.1. The Labute approximate surface area is 176 Å². The van der Waals surface area contributed by atoms with Crippen LogP contribution in [0.1, 0.15) is 31.2 Å². The van der Waals surface area contributed by atoms with Crippen molar-refractivity contribution in [3.05, 3.63) is 58.9 Å². The van der Waals surface area contributed by atoms with Crippen LogP contribution in [0.3, 0.4) is 0 Å². The number of aromatic nitrogens is 2. The Kier molecular flexibility index (Phi) is 5.72. The summed E-state index contributed by atoms with van der Waals surface area (Å²) in [4.78, 5) is 11.7. The lowest BCUT2D eigenvalue weighted by Crippen LogP contribution is -2.26. The number of sulfonamides is 1. The molecule has 0 radical (unpaired) electrons. The quantitative estimate of drug-likeness (QED) is 0.641. The number of nitrogens with one attached hydrogen (secondary N) is 1. The van der Waals surface area contributed by atoms with Gasteiger partial charge in [-0.2, -0.15) is 0 Å². The summed E-state index contributed by atoms with van der Waals surface area (Å²) in [6.45, 7) is 3.91. The maximum atomic E-state index is 12.7. The van der Waals surface area contributed by atoms with Gasteiger partial charge in [-0.05, 0) is 55.2 Å². The molecule has 1 saturated heterocycles. The highest BCUT2D eigenvalue weighted by Gasteiger charge is 2.20. The fourth-order valence-electron chi connectivity index (χ4n) is 3.53. The van der Waals surface area contributed by atoms with E-state index >= 15 is 0 Å². The second-order valence-electron chi connectivity index (χ2n) is 7.14. The van der Waals surface area contributed by atoms with Gasteiger partial charge < -0.3 is 4.90 Å². The van der Waals surface area contributed by atoms with E-state index in [9.17, 15) is 8.42 Å². The lowest BCUT2D eigenvalue weighted by Gasteiger charge is -2.19. The second kappa shape index (κ2) is 8.26. The summed E-state index contributed by atoms with van der Waals surface area (Å²) in [5, 5.41) is 1.52. The Bertz CT molecular complexity index is 1130. The molecular weight excluding hydrogens is 408 g/mol. The van der Waals surface area contributed by atoms with Gasteiger partial charge in [0.25, 0.3) is 0 Å². The Morgan fingerprint density at radius 3 is 2.48 bits per heavy atom. The van der Waals surface area contributed by atoms with Gasteiger partial charge in [0.1, 0.15) is 11.6 Å². The molecule has 0 unspecified atom stereocenters. The molecule has 152 valence electrons. The number of hydrogen-bond donors (Lipinski definition) is 1. The first-order valence-electron chi connectivity index (χ1n) is 9.76. The van der Waals surface area contributed by atoms with Gasteiger partial charge in [-0.25, -0.2) is 23.1 Å². The number of nitrogens with zero attached hydrogens (tertiary/aromatic N) is 3. The van der Waals surface area contributed by atoms with Crippen LogP contribution < -0.4 is 9.62 Å². The van der Waals surface area contributed by atoms with Crippen molar-refractivity contribution < 1.29 is 8.42 Å². The molecule has 1 aliphatic rings. The van der Waals surface area contributed by atoms with Crippen LogP contribution in [0.2, 0.25) is 5.02 Å². The number of aryl methyl sites for hydroxylation is 1. The fraction of sp³-hybridized carbons (Fsp3) is 0.333. The molecule has 29 heavy (non-hydrogen) atoms. The number of hydrogen-bond acceptors (Lipinski definition) is 5. The Hall–Kier alpha value is -2.22. The monoisotopic (exact) mass is 430 g/mol. The van der Waals surface area contributed by atoms with Crippen molar-refractivity contribution in [1.29, 1.82) is 0 Å². The van der Waals surface area contributed by atoms with Crippen LogP contribution in [0, 0.1) is 0 Å². The van der Waals surface area contributed by atoms with Gasteiger partial charge in [-0.1, -0.05) is 30.7 Å². The smallest absolute Gasteiger partial charge is 0.240 e. The molecule has 6 nitrogen and oxygen atoms in total. The van der Waals surface area contributed by atoms with Crippen LogP contribution in [0.25, 0.3) is 10.9 Å². The maximum Gasteiger partial charge on any atom is 0.240 e. The molecule has 0 atom stereocenters. The molecule has 0 aliphatic carbocycles. The summed E-state index contributed by atoms with van der Waals surface area (Å²) in [6, 6.07) is 12.4. The van der Waals surface area contributed by atoms with Crippen molar-refractivity contribution in [2.75, 3.05) is 18.0 Å². The van der Waals surface area contributed by atoms with Gasteiger partial charge in [0, 0.05) is 23.5 Å². The first-order valence-corrected chi connectivity index (χ1v) is 11.6. The van der Waals surface area contributed by atoms with Gasteiger partial charge in [0.05, 0.1) is 17.0 Å². The van der Waals surface area contributed by atoms with Gasteiger partial charge >= 0.3 is 0 Å². The molecule has 1 aromatic heterocycles. The molecule has 0 amide bonds. The third kappa shape index (κ3) is 4.37. The van der Waals surface area contributed by atoms with Crippen molar-refractivity contribution in [3.8, 4) is 0 Å². The highest BCUT2D eigenvalue weighted by Crippen LogP contribution is 2.29. The summed E-state index contributed by atoms with van der Waals surface area (Å²) >= 11 is 6.18. The predicted molar refractivity (Wildman–Crippen MR) is 116 cm³/mol. The van der Waals surface area contributed by atoms with Crippen molar-refractivity contribution >= 4 is 38.3 Å². The minimum Gasteiger partial charge on any atom is -0.356 e. The van der Waals surface area contributed by atoms with E-state index in [1.54, 1.807) is 18.2 Å². The van der Waals surface area contributed by atoms with E-state index in [2.05, 4.69) is 19.6 Å². The zero-order valence-corrected chi connectivity index (χ0v) is 17.8. The lowest BCUT2D eigenvalue weighted by atomic mass is 10.2. The molecule has 3 aromatic rings. The number of anilines is 1. The minimum atomic E-state index is -3.64. The maximum absolute atomic E-state index is 12.7. The molecule has 4 rings (SSSR count). The van der Waals surface area contributed by atoms with Crippen LogP contribution in [-0.2, 0) is 23.0 Å². The van der Waals surface area contributed by atoms with Crippen LogP contribution in [0.15, 0.2) is 47.4 Å². The molecule has 0 saturated carbocycles. The number of halogens is 1. The molecule has 2 aromatic carbocycles. The molecule has 1 N–H and O–H groups in total. The van der Waals surface area contributed by atoms with Gasteiger partial charge in [0.15, 0.2) is 0 Å². The van der Waals surface area contributed by atoms with Crippen LogP contribution in [0.4, 0.5) is 5.82 Å². The van der Waals surface area contributed by atoms with E-state index in [-0.39, 0.29) is 11.4 Å². The van der Waals surface area contributed by atoms with E-state index in [1.807, 2.05) is 31.2 Å². The summed E-state index contributed by atoms with van der Waals surface area (Å²) in [5.74, 6) is 1.26. The highest BCUT2D eigenvalue weighted by molar-refractivity contribution is 7.89. The number of benzene rings is 2. The van der Waals surface area contributed by atoms with E-state index < -0.39 is 10.0 Å². The molecule has 0 spiro atoms. The van der Waals surface area contributed by atoms with Crippen molar-refractivity contribution in [2.24, 2.45) is 0 Å². The third-order valence-electron chi connectivity index (χ3n) is 5.15. The molecule has 1 aliphatic heterocycles. The van der Waals surface area contributed by atoms with E-state index in [1.165, 1.54) is 0 Å². The minimum absolute atomic E-state index is 0.0251. The Morgan fingerprint density at radius 1 is 1.07 bits per heavy atom. The summed E-state index contributed by atoms with van der Waals surface area (Å²) in [6.07, 6.45) is 3.09. The first-order chi connectivity index (χ1) is 14.0. The topological polar surface area (TPSA) is 75.2 Å².